The van der Waals surface area contributed by atoms with Gasteiger partial charge in [0.2, 0.25) is 11.8 Å². The summed E-state index contributed by atoms with van der Waals surface area (Å²) in [5, 5.41) is 10.6. The third-order valence-corrected chi connectivity index (χ3v) is 1.32. The maximum absolute atomic E-state index is 6.94. The van der Waals surface area contributed by atoms with Gasteiger partial charge in [0.1, 0.15) is 0 Å². The minimum Gasteiger partial charge on any atom is -0.334 e. The van der Waals surface area contributed by atoms with Gasteiger partial charge in [-0.2, -0.15) is 0 Å². The Kier molecular flexibility index (Phi) is 1.27. The Morgan fingerprint density at radius 1 is 1.78 bits per heavy atom. The molecule has 4 nitrogen and oxygen atoms in total. The Morgan fingerprint density at radius 3 is 2.67 bits per heavy atom. The Labute approximate surface area is 57.4 Å². The van der Waals surface area contributed by atoms with Crippen LogP contribution < -0.4 is 5.73 Å². The van der Waals surface area contributed by atoms with E-state index in [0.29, 0.717) is 0 Å². The van der Waals surface area contributed by atoms with Crippen LogP contribution in [0.5, 0.6) is 0 Å². The molecule has 0 aromatic heterocycles. The van der Waals surface area contributed by atoms with Crippen LogP contribution in [0.25, 0.3) is 0 Å². The van der Waals surface area contributed by atoms with Gasteiger partial charge in [0.05, 0.1) is 6.21 Å². The number of nitrogens with zero attached hydrogens (tertiary/aromatic N) is 2. The first-order valence-electron chi connectivity index (χ1n) is 2.31. The highest BCUT2D eigenvalue weighted by Gasteiger charge is 2.30. The van der Waals surface area contributed by atoms with Gasteiger partial charge in [-0.15, -0.1) is 0 Å². The highest BCUT2D eigenvalue weighted by atomic mass is 35.5. The Bertz CT molecular complexity index is 183. The van der Waals surface area contributed by atoms with Gasteiger partial charge in [0, 0.05) is 6.08 Å². The summed E-state index contributed by atoms with van der Waals surface area (Å²) in [5.74, 6) is -0.207. The molecule has 3 N–H and O–H groups in total. The summed E-state index contributed by atoms with van der Waals surface area (Å²) < 4.78 is -0.472. The van der Waals surface area contributed by atoms with Gasteiger partial charge in [-0.05, 0) is 4.11 Å². The van der Waals surface area contributed by atoms with Crippen LogP contribution in [0.15, 0.2) is 17.4 Å². The molecule has 0 aromatic carbocycles. The maximum atomic E-state index is 6.94. The van der Waals surface area contributed by atoms with Crippen molar-refractivity contribution < 1.29 is 4.11 Å². The van der Waals surface area contributed by atoms with Crippen LogP contribution in [0.2, 0.25) is 0 Å². The van der Waals surface area contributed by atoms with E-state index in [1.54, 1.807) is 6.08 Å². The lowest BCUT2D eigenvalue weighted by Crippen LogP contribution is -2.37. The third kappa shape index (κ3) is 0.940. The number of hydrogen-bond donors (Lipinski definition) is 2. The van der Waals surface area contributed by atoms with E-state index in [9.17, 15) is 0 Å². The van der Waals surface area contributed by atoms with Gasteiger partial charge in [-0.25, -0.2) is 5.41 Å². The first-order chi connectivity index (χ1) is 4.15. The lowest BCUT2D eigenvalue weighted by molar-refractivity contribution is -0.664. The third-order valence-electron chi connectivity index (χ3n) is 0.942. The van der Waals surface area contributed by atoms with E-state index < -0.39 is 4.11 Å². The van der Waals surface area contributed by atoms with Crippen molar-refractivity contribution in [2.75, 3.05) is 0 Å². The van der Waals surface area contributed by atoms with Crippen molar-refractivity contribution >= 4 is 24.0 Å². The van der Waals surface area contributed by atoms with E-state index in [2.05, 4.69) is 5.10 Å². The summed E-state index contributed by atoms with van der Waals surface area (Å²) in [6.07, 6.45) is 4.63. The molecule has 0 saturated carbocycles. The first kappa shape index (κ1) is 6.25. The molecule has 0 radical (unpaired) electrons. The second-order valence-corrected chi connectivity index (χ2v) is 2.11. The summed E-state index contributed by atoms with van der Waals surface area (Å²) in [6, 6.07) is 0. The number of nitrogens with one attached hydrogen (secondary N) is 1. The molecule has 0 spiro atoms. The molecule has 0 bridgehead atoms. The van der Waals surface area contributed by atoms with Crippen LogP contribution in [0, 0.1) is 5.41 Å². The standard InChI is InChI=1S/C4H6ClN4/c5-9(4(6)7)3-1-2-8-9/h1-3H,(H3,6,7)/q+1. The fourth-order valence-corrected chi connectivity index (χ4v) is 0.585. The van der Waals surface area contributed by atoms with Crippen molar-refractivity contribution in [3.05, 3.63) is 12.3 Å². The number of guanidine groups is 1. The molecule has 0 aliphatic carbocycles. The van der Waals surface area contributed by atoms with Crippen LogP contribution in [-0.4, -0.2) is 16.3 Å². The largest absolute Gasteiger partial charge is 0.343 e. The van der Waals surface area contributed by atoms with Crippen molar-refractivity contribution in [3.63, 3.8) is 0 Å². The Morgan fingerprint density at radius 2 is 2.44 bits per heavy atom. The predicted molar refractivity (Wildman–Crippen MR) is 35.7 cm³/mol. The zero-order valence-corrected chi connectivity index (χ0v) is 5.34. The molecule has 48 valence electrons. The van der Waals surface area contributed by atoms with Gasteiger partial charge in [-0.3, -0.25) is 0 Å². The van der Waals surface area contributed by atoms with Crippen LogP contribution in [0.3, 0.4) is 0 Å². The molecular weight excluding hydrogens is 140 g/mol. The average Bonchev–Trinajstić information content (AvgIpc) is 2.16. The average molecular weight is 146 g/mol. The summed E-state index contributed by atoms with van der Waals surface area (Å²) >= 11 is 5.61. The zero-order valence-electron chi connectivity index (χ0n) is 4.58. The molecular formula is C4H6ClN4+. The maximum Gasteiger partial charge on any atom is 0.343 e. The summed E-state index contributed by atoms with van der Waals surface area (Å²) in [5.41, 5.74) is 5.09. The smallest absolute Gasteiger partial charge is 0.334 e. The molecule has 0 amide bonds. The monoisotopic (exact) mass is 145 g/mol. The molecule has 1 atom stereocenters. The molecule has 1 rings (SSSR count). The molecule has 1 aliphatic rings. The fraction of sp³-hybridized carbons (Fsp3) is 0. The number of nitrogens with two attached hydrogens (primary N) is 1. The summed E-state index contributed by atoms with van der Waals surface area (Å²) in [6.45, 7) is 0. The van der Waals surface area contributed by atoms with E-state index in [1.807, 2.05) is 0 Å². The molecule has 0 fully saturated rings. The second-order valence-electron chi connectivity index (χ2n) is 1.59. The number of quaternary nitrogens is 1. The van der Waals surface area contributed by atoms with E-state index in [-0.39, 0.29) is 5.96 Å². The first-order valence-corrected chi connectivity index (χ1v) is 2.65. The second kappa shape index (κ2) is 1.82. The SMILES string of the molecule is N=C(N)[N+]1(Cl)C=CC=N1. The van der Waals surface area contributed by atoms with Crippen molar-refractivity contribution in [2.24, 2.45) is 10.8 Å². The number of rotatable bonds is 0. The lowest BCUT2D eigenvalue weighted by Gasteiger charge is -2.09. The highest BCUT2D eigenvalue weighted by Crippen LogP contribution is 2.16. The fourth-order valence-electron chi connectivity index (χ4n) is 0.469. The van der Waals surface area contributed by atoms with Crippen molar-refractivity contribution in [1.82, 2.24) is 0 Å². The molecule has 1 heterocycles. The highest BCUT2D eigenvalue weighted by molar-refractivity contribution is 6.13. The van der Waals surface area contributed by atoms with Gasteiger partial charge in [0.25, 0.3) is 0 Å². The summed E-state index contributed by atoms with van der Waals surface area (Å²) in [7, 11) is 0. The number of hydrogen-bond acceptors (Lipinski definition) is 2. The topological polar surface area (TPSA) is 62.2 Å². The van der Waals surface area contributed by atoms with Crippen molar-refractivity contribution in [1.29, 1.82) is 5.41 Å². The number of allylic oxidation sites excluding steroid dienone is 1. The normalized spacial score (nSPS) is 31.2. The molecule has 5 heteroatoms. The zero-order chi connectivity index (χ0) is 6.91. The van der Waals surface area contributed by atoms with E-state index in [1.165, 1.54) is 12.4 Å². The Hall–Kier alpha value is -0.870. The molecule has 1 aliphatic heterocycles. The number of halogens is 1. The van der Waals surface area contributed by atoms with Crippen LogP contribution in [0.4, 0.5) is 0 Å². The molecule has 0 saturated heterocycles. The molecule has 9 heavy (non-hydrogen) atoms. The summed E-state index contributed by atoms with van der Waals surface area (Å²) in [4.78, 5) is 0. The molecule has 0 aromatic rings. The lowest BCUT2D eigenvalue weighted by atomic mass is 10.7. The minimum absolute atomic E-state index is 0.207. The molecule has 1 unspecified atom stereocenters. The Balaban J connectivity index is 2.88. The quantitative estimate of drug-likeness (QED) is 0.289. The van der Waals surface area contributed by atoms with Gasteiger partial charge in [0.15, 0.2) is 6.20 Å². The van der Waals surface area contributed by atoms with Crippen LogP contribution >= 0.6 is 11.8 Å². The van der Waals surface area contributed by atoms with Crippen LogP contribution in [-0.2, 0) is 0 Å². The van der Waals surface area contributed by atoms with Gasteiger partial charge < -0.3 is 5.73 Å². The van der Waals surface area contributed by atoms with Gasteiger partial charge >= 0.3 is 5.96 Å². The van der Waals surface area contributed by atoms with Crippen molar-refractivity contribution in [3.8, 4) is 0 Å². The van der Waals surface area contributed by atoms with E-state index >= 15 is 0 Å². The van der Waals surface area contributed by atoms with E-state index in [4.69, 9.17) is 22.9 Å². The minimum atomic E-state index is -0.472. The van der Waals surface area contributed by atoms with Crippen LogP contribution in [0.1, 0.15) is 0 Å². The predicted octanol–water partition coefficient (Wildman–Crippen LogP) is 0.364. The van der Waals surface area contributed by atoms with E-state index in [0.717, 1.165) is 0 Å². The van der Waals surface area contributed by atoms with Gasteiger partial charge in [-0.1, -0.05) is 5.10 Å². The van der Waals surface area contributed by atoms with Crippen molar-refractivity contribution in [2.45, 2.75) is 0 Å².